The van der Waals surface area contributed by atoms with Gasteiger partial charge in [-0.1, -0.05) is 5.92 Å². The fraction of sp³-hybridized carbons (Fsp3) is 0.562. The van der Waals surface area contributed by atoms with E-state index in [-0.39, 0.29) is 13.1 Å². The Bertz CT molecular complexity index is 578. The first kappa shape index (κ1) is 20.1. The average molecular weight is 352 g/mol. The highest BCUT2D eigenvalue weighted by Gasteiger charge is 2.06. The van der Waals surface area contributed by atoms with Crippen LogP contribution < -0.4 is 5.32 Å². The number of nitrogens with zero attached hydrogens (tertiary/aromatic N) is 3. The van der Waals surface area contributed by atoms with Gasteiger partial charge in [0.2, 0.25) is 0 Å². The first-order valence-electron chi connectivity index (χ1n) is 7.63. The SMILES string of the molecule is C#CCNC(C[N+](=O)[O-])=NCCSCCc1ccc(CN(C)C)o1. The van der Waals surface area contributed by atoms with Crippen LogP contribution in [0.5, 0.6) is 0 Å². The van der Waals surface area contributed by atoms with E-state index in [1.54, 1.807) is 11.8 Å². The molecule has 0 amide bonds. The van der Waals surface area contributed by atoms with Crippen LogP contribution in [0.25, 0.3) is 0 Å². The van der Waals surface area contributed by atoms with Crippen LogP contribution in [0.3, 0.4) is 0 Å². The van der Waals surface area contributed by atoms with Crippen LogP contribution in [0.2, 0.25) is 0 Å². The van der Waals surface area contributed by atoms with Crippen molar-refractivity contribution in [2.24, 2.45) is 4.99 Å². The Labute approximate surface area is 147 Å². The number of hydrogen-bond acceptors (Lipinski definition) is 6. The zero-order chi connectivity index (χ0) is 17.8. The molecule has 0 aromatic carbocycles. The molecular weight excluding hydrogens is 328 g/mol. The highest BCUT2D eigenvalue weighted by atomic mass is 32.2. The quantitative estimate of drug-likeness (QED) is 0.162. The third-order valence-electron chi connectivity index (χ3n) is 2.89. The van der Waals surface area contributed by atoms with Crippen molar-refractivity contribution in [3.8, 4) is 12.3 Å². The summed E-state index contributed by atoms with van der Waals surface area (Å²) in [4.78, 5) is 16.4. The zero-order valence-corrected chi connectivity index (χ0v) is 15.0. The first-order chi connectivity index (χ1) is 11.5. The molecule has 1 heterocycles. The number of thioether (sulfide) groups is 1. The second kappa shape index (κ2) is 11.5. The number of aryl methyl sites for hydroxylation is 1. The van der Waals surface area contributed by atoms with Gasteiger partial charge < -0.3 is 14.6 Å². The van der Waals surface area contributed by atoms with Gasteiger partial charge in [0.25, 0.3) is 6.54 Å². The second-order valence-electron chi connectivity index (χ2n) is 5.35. The smallest absolute Gasteiger partial charge is 0.259 e. The molecule has 0 radical (unpaired) electrons. The third kappa shape index (κ3) is 9.22. The van der Waals surface area contributed by atoms with E-state index in [1.165, 1.54) is 0 Å². The molecule has 132 valence electrons. The number of aliphatic imine (C=N–C) groups is 1. The molecule has 7 nitrogen and oxygen atoms in total. The number of nitrogens with one attached hydrogen (secondary N) is 1. The topological polar surface area (TPSA) is 83.9 Å². The minimum atomic E-state index is -0.419. The molecule has 24 heavy (non-hydrogen) atoms. The molecule has 1 rings (SSSR count). The predicted octanol–water partition coefficient (Wildman–Crippen LogP) is 1.51. The highest BCUT2D eigenvalue weighted by Crippen LogP contribution is 2.12. The highest BCUT2D eigenvalue weighted by molar-refractivity contribution is 7.99. The number of hydrogen-bond donors (Lipinski definition) is 1. The molecule has 1 aromatic rings. The van der Waals surface area contributed by atoms with E-state index in [0.29, 0.717) is 12.4 Å². The lowest BCUT2D eigenvalue weighted by atomic mass is 10.3. The Morgan fingerprint density at radius 3 is 2.88 bits per heavy atom. The molecule has 8 heteroatoms. The first-order valence-corrected chi connectivity index (χ1v) is 8.79. The van der Waals surface area contributed by atoms with Gasteiger partial charge in [0.05, 0.1) is 19.6 Å². The summed E-state index contributed by atoms with van der Waals surface area (Å²) < 4.78 is 5.74. The standard InChI is InChI=1S/C16H24N4O3S/c1-4-8-17-16(13-20(21)22)18-9-11-24-10-7-14-5-6-15(23-14)12-19(2)3/h1,5-6H,7-13H2,2-3H3,(H,17,18). The summed E-state index contributed by atoms with van der Waals surface area (Å²) in [5.41, 5.74) is 0. The monoisotopic (exact) mass is 352 g/mol. The van der Waals surface area contributed by atoms with E-state index in [4.69, 9.17) is 10.8 Å². The second-order valence-corrected chi connectivity index (χ2v) is 6.57. The van der Waals surface area contributed by atoms with Gasteiger partial charge in [-0.2, -0.15) is 11.8 Å². The summed E-state index contributed by atoms with van der Waals surface area (Å²) in [5, 5.41) is 13.3. The van der Waals surface area contributed by atoms with E-state index in [1.807, 2.05) is 26.2 Å². The van der Waals surface area contributed by atoms with Crippen LogP contribution in [0.4, 0.5) is 0 Å². The van der Waals surface area contributed by atoms with Crippen LogP contribution in [0, 0.1) is 22.5 Å². The van der Waals surface area contributed by atoms with Gasteiger partial charge in [0, 0.05) is 22.8 Å². The summed E-state index contributed by atoms with van der Waals surface area (Å²) in [6, 6.07) is 4.02. The molecular formula is C16H24N4O3S. The van der Waals surface area contributed by atoms with Crippen molar-refractivity contribution >= 4 is 17.6 Å². The fourth-order valence-electron chi connectivity index (χ4n) is 1.91. The van der Waals surface area contributed by atoms with Crippen molar-refractivity contribution in [3.05, 3.63) is 33.8 Å². The summed E-state index contributed by atoms with van der Waals surface area (Å²) in [6.07, 6.45) is 5.99. The maximum absolute atomic E-state index is 10.5. The molecule has 0 fully saturated rings. The van der Waals surface area contributed by atoms with Crippen molar-refractivity contribution in [2.45, 2.75) is 13.0 Å². The summed E-state index contributed by atoms with van der Waals surface area (Å²) in [7, 11) is 4.01. The van der Waals surface area contributed by atoms with Crippen LogP contribution >= 0.6 is 11.8 Å². The van der Waals surface area contributed by atoms with Crippen LogP contribution in [-0.4, -0.2) is 60.9 Å². The van der Waals surface area contributed by atoms with E-state index < -0.39 is 4.92 Å². The lowest BCUT2D eigenvalue weighted by Crippen LogP contribution is -2.31. The summed E-state index contributed by atoms with van der Waals surface area (Å²) >= 11 is 1.74. The molecule has 0 atom stereocenters. The third-order valence-corrected chi connectivity index (χ3v) is 3.86. The van der Waals surface area contributed by atoms with Crippen molar-refractivity contribution in [2.75, 3.05) is 45.2 Å². The normalized spacial score (nSPS) is 11.5. The summed E-state index contributed by atoms with van der Waals surface area (Å²) in [6.45, 7) is 1.24. The molecule has 0 saturated carbocycles. The Balaban J connectivity index is 2.24. The molecule has 1 aromatic heterocycles. The van der Waals surface area contributed by atoms with Crippen molar-refractivity contribution in [3.63, 3.8) is 0 Å². The Morgan fingerprint density at radius 2 is 2.21 bits per heavy atom. The lowest BCUT2D eigenvalue weighted by Gasteiger charge is -2.05. The maximum Gasteiger partial charge on any atom is 0.259 e. The van der Waals surface area contributed by atoms with Gasteiger partial charge in [-0.15, -0.1) is 6.42 Å². The van der Waals surface area contributed by atoms with Crippen molar-refractivity contribution in [1.82, 2.24) is 10.2 Å². The molecule has 1 N–H and O–H groups in total. The number of rotatable bonds is 11. The molecule has 0 bridgehead atoms. The molecule has 0 aliphatic heterocycles. The van der Waals surface area contributed by atoms with E-state index in [2.05, 4.69) is 21.1 Å². The fourth-order valence-corrected chi connectivity index (χ4v) is 2.68. The lowest BCUT2D eigenvalue weighted by molar-refractivity contribution is -0.463. The van der Waals surface area contributed by atoms with Gasteiger partial charge in [0.1, 0.15) is 11.5 Å². The van der Waals surface area contributed by atoms with E-state index in [0.717, 1.165) is 36.0 Å². The van der Waals surface area contributed by atoms with Gasteiger partial charge in [-0.25, -0.2) is 0 Å². The minimum absolute atomic E-state index is 0.244. The molecule has 0 unspecified atom stereocenters. The number of nitro groups is 1. The summed E-state index contributed by atoms with van der Waals surface area (Å²) in [5.74, 6) is 6.38. The molecule has 0 spiro atoms. The van der Waals surface area contributed by atoms with Gasteiger partial charge in [0.15, 0.2) is 5.84 Å². The van der Waals surface area contributed by atoms with Gasteiger partial charge >= 0.3 is 0 Å². The van der Waals surface area contributed by atoms with E-state index in [9.17, 15) is 10.1 Å². The molecule has 0 aliphatic carbocycles. The number of terminal acetylenes is 1. The van der Waals surface area contributed by atoms with Crippen LogP contribution in [-0.2, 0) is 13.0 Å². The zero-order valence-electron chi connectivity index (χ0n) is 14.2. The van der Waals surface area contributed by atoms with Crippen molar-refractivity contribution < 1.29 is 9.34 Å². The van der Waals surface area contributed by atoms with Crippen molar-refractivity contribution in [1.29, 1.82) is 0 Å². The van der Waals surface area contributed by atoms with Crippen LogP contribution in [0.1, 0.15) is 11.5 Å². The molecule has 0 aliphatic rings. The Kier molecular flexibility index (Phi) is 9.65. The van der Waals surface area contributed by atoms with Gasteiger partial charge in [-0.3, -0.25) is 15.1 Å². The Hall–Kier alpha value is -1.98. The number of furan rings is 1. The van der Waals surface area contributed by atoms with Gasteiger partial charge in [-0.05, 0) is 26.2 Å². The molecule has 0 saturated heterocycles. The predicted molar refractivity (Wildman–Crippen MR) is 98.1 cm³/mol. The minimum Gasteiger partial charge on any atom is -0.465 e. The maximum atomic E-state index is 10.5. The largest absolute Gasteiger partial charge is 0.465 e. The number of amidine groups is 1. The Morgan fingerprint density at radius 1 is 1.46 bits per heavy atom. The average Bonchev–Trinajstić information content (AvgIpc) is 2.94. The van der Waals surface area contributed by atoms with Crippen LogP contribution in [0.15, 0.2) is 21.5 Å². The van der Waals surface area contributed by atoms with E-state index >= 15 is 0 Å².